The normalized spacial score (nSPS) is 11.0. The van der Waals surface area contributed by atoms with Gasteiger partial charge in [-0.05, 0) is 6.07 Å². The third-order valence-electron chi connectivity index (χ3n) is 2.71. The smallest absolute Gasteiger partial charge is 0.422 e. The molecule has 2 aromatic rings. The van der Waals surface area contributed by atoms with Gasteiger partial charge in [0.15, 0.2) is 11.7 Å². The highest BCUT2D eigenvalue weighted by atomic mass is 32.1. The minimum atomic E-state index is -4.47. The Bertz CT molecular complexity index is 747. The summed E-state index contributed by atoms with van der Waals surface area (Å²) in [4.78, 5) is 30.9. The van der Waals surface area contributed by atoms with E-state index in [0.717, 1.165) is 23.6 Å². The predicted molar refractivity (Wildman–Crippen MR) is 81.6 cm³/mol. The number of alkyl halides is 3. The van der Waals surface area contributed by atoms with Crippen molar-refractivity contribution in [2.24, 2.45) is 0 Å². The van der Waals surface area contributed by atoms with Crippen LogP contribution in [0.3, 0.4) is 0 Å². The van der Waals surface area contributed by atoms with Gasteiger partial charge in [0.05, 0.1) is 24.8 Å². The van der Waals surface area contributed by atoms with Gasteiger partial charge in [0.1, 0.15) is 0 Å². The van der Waals surface area contributed by atoms with Crippen molar-refractivity contribution in [2.75, 3.05) is 19.0 Å². The van der Waals surface area contributed by atoms with Gasteiger partial charge >= 0.3 is 12.1 Å². The maximum atomic E-state index is 12.0. The summed E-state index contributed by atoms with van der Waals surface area (Å²) >= 11 is 1.12. The van der Waals surface area contributed by atoms with Crippen LogP contribution in [0.1, 0.15) is 16.1 Å². The first kappa shape index (κ1) is 18.6. The lowest BCUT2D eigenvalue weighted by Crippen LogP contribution is -2.19. The molecule has 2 rings (SSSR count). The Hall–Kier alpha value is -2.69. The van der Waals surface area contributed by atoms with E-state index >= 15 is 0 Å². The molecule has 0 aliphatic rings. The van der Waals surface area contributed by atoms with Crippen LogP contribution in [0, 0.1) is 0 Å². The van der Waals surface area contributed by atoms with Gasteiger partial charge in [-0.3, -0.25) is 14.9 Å². The molecule has 0 saturated carbocycles. The lowest BCUT2D eigenvalue weighted by molar-refractivity contribution is -0.154. The number of methoxy groups -OCH3 is 1. The second kappa shape index (κ2) is 7.92. The van der Waals surface area contributed by atoms with E-state index in [1.807, 2.05) is 0 Å². The van der Waals surface area contributed by atoms with E-state index in [9.17, 15) is 22.8 Å². The molecular formula is C14H12F3N3O4S. The predicted octanol–water partition coefficient (Wildman–Crippen LogP) is 2.45. The average molecular weight is 375 g/mol. The summed E-state index contributed by atoms with van der Waals surface area (Å²) < 4.78 is 45.1. The molecule has 0 aromatic carbocycles. The number of nitrogens with one attached hydrogen (secondary N) is 1. The molecular weight excluding hydrogens is 363 g/mol. The first-order valence-electron chi connectivity index (χ1n) is 6.75. The first-order chi connectivity index (χ1) is 11.8. The standard InChI is InChI=1S/C14H12F3N3O4S/c1-23-11(21)4-9-6-25-13(19-9)20-12(22)8-2-3-10(18-5-8)24-7-14(15,16)17/h2-3,5-6H,4,7H2,1H3,(H,19,20,22). The summed E-state index contributed by atoms with van der Waals surface area (Å²) in [7, 11) is 1.26. The number of rotatable bonds is 6. The maximum absolute atomic E-state index is 12.0. The minimum Gasteiger partial charge on any atom is -0.469 e. The molecule has 25 heavy (non-hydrogen) atoms. The number of ether oxygens (including phenoxy) is 2. The van der Waals surface area contributed by atoms with E-state index in [0.29, 0.717) is 5.69 Å². The number of anilines is 1. The highest BCUT2D eigenvalue weighted by molar-refractivity contribution is 7.14. The topological polar surface area (TPSA) is 90.4 Å². The molecule has 0 fully saturated rings. The summed E-state index contributed by atoms with van der Waals surface area (Å²) in [5.74, 6) is -1.25. The quantitative estimate of drug-likeness (QED) is 0.780. The Morgan fingerprint density at radius 2 is 2.08 bits per heavy atom. The summed E-state index contributed by atoms with van der Waals surface area (Å²) in [6.45, 7) is -1.46. The fourth-order valence-corrected chi connectivity index (χ4v) is 2.30. The molecule has 2 aromatic heterocycles. The van der Waals surface area contributed by atoms with E-state index in [2.05, 4.69) is 24.8 Å². The van der Waals surface area contributed by atoms with E-state index in [-0.39, 0.29) is 23.0 Å². The zero-order valence-corrected chi connectivity index (χ0v) is 13.6. The van der Waals surface area contributed by atoms with Crippen LogP contribution in [0.5, 0.6) is 5.88 Å². The number of hydrogen-bond donors (Lipinski definition) is 1. The van der Waals surface area contributed by atoms with Gasteiger partial charge in [0.25, 0.3) is 5.91 Å². The van der Waals surface area contributed by atoms with Crippen LogP contribution in [0.4, 0.5) is 18.3 Å². The second-order valence-corrected chi connectivity index (χ2v) is 5.50. The Labute approximate surface area is 143 Å². The number of carbonyl (C=O) groups is 2. The number of hydrogen-bond acceptors (Lipinski definition) is 7. The van der Waals surface area contributed by atoms with Gasteiger partial charge in [0, 0.05) is 17.6 Å². The zero-order valence-electron chi connectivity index (χ0n) is 12.8. The lowest BCUT2D eigenvalue weighted by atomic mass is 10.3. The molecule has 7 nitrogen and oxygen atoms in total. The fourth-order valence-electron chi connectivity index (χ4n) is 1.59. The summed E-state index contributed by atoms with van der Waals surface area (Å²) in [5, 5.41) is 4.36. The molecule has 11 heteroatoms. The average Bonchev–Trinajstić information content (AvgIpc) is 2.99. The van der Waals surface area contributed by atoms with Crippen LogP contribution >= 0.6 is 11.3 Å². The third-order valence-corrected chi connectivity index (χ3v) is 3.51. The molecule has 1 amide bonds. The van der Waals surface area contributed by atoms with Gasteiger partial charge in [-0.2, -0.15) is 13.2 Å². The summed E-state index contributed by atoms with van der Waals surface area (Å²) in [6, 6.07) is 2.43. The maximum Gasteiger partial charge on any atom is 0.422 e. The number of amides is 1. The van der Waals surface area contributed by atoms with Gasteiger partial charge in [-0.1, -0.05) is 0 Å². The van der Waals surface area contributed by atoms with Crippen LogP contribution in [0.2, 0.25) is 0 Å². The van der Waals surface area contributed by atoms with Crippen molar-refractivity contribution in [3.63, 3.8) is 0 Å². The largest absolute Gasteiger partial charge is 0.469 e. The van der Waals surface area contributed by atoms with Gasteiger partial charge in [-0.25, -0.2) is 9.97 Å². The molecule has 0 atom stereocenters. The molecule has 2 heterocycles. The third kappa shape index (κ3) is 6.03. The van der Waals surface area contributed by atoms with Gasteiger partial charge in [-0.15, -0.1) is 11.3 Å². The molecule has 0 saturated heterocycles. The lowest BCUT2D eigenvalue weighted by Gasteiger charge is -2.08. The van der Waals surface area contributed by atoms with Crippen molar-refractivity contribution >= 4 is 28.3 Å². The molecule has 0 bridgehead atoms. The Morgan fingerprint density at radius 1 is 1.32 bits per heavy atom. The number of carbonyl (C=O) groups excluding carboxylic acids is 2. The second-order valence-electron chi connectivity index (χ2n) is 4.64. The number of pyridine rings is 1. The molecule has 0 aliphatic heterocycles. The molecule has 1 N–H and O–H groups in total. The summed E-state index contributed by atoms with van der Waals surface area (Å²) in [5.41, 5.74) is 0.560. The SMILES string of the molecule is COC(=O)Cc1csc(NC(=O)c2ccc(OCC(F)(F)F)nc2)n1. The van der Waals surface area contributed by atoms with Gasteiger partial charge < -0.3 is 9.47 Å². The first-order valence-corrected chi connectivity index (χ1v) is 7.63. The van der Waals surface area contributed by atoms with Crippen LogP contribution in [-0.4, -0.2) is 41.7 Å². The summed E-state index contributed by atoms with van der Waals surface area (Å²) in [6.07, 6.45) is -3.40. The van der Waals surface area contributed by atoms with Crippen molar-refractivity contribution < 1.29 is 32.2 Å². The van der Waals surface area contributed by atoms with Crippen LogP contribution in [0.15, 0.2) is 23.7 Å². The highest BCUT2D eigenvalue weighted by Crippen LogP contribution is 2.19. The molecule has 0 unspecified atom stereocenters. The number of esters is 1. The fraction of sp³-hybridized carbons (Fsp3) is 0.286. The number of aromatic nitrogens is 2. The molecule has 0 radical (unpaired) electrons. The van der Waals surface area contributed by atoms with Crippen LogP contribution in [0.25, 0.3) is 0 Å². The van der Waals surface area contributed by atoms with E-state index in [1.54, 1.807) is 5.38 Å². The Balaban J connectivity index is 1.93. The van der Waals surface area contributed by atoms with Crippen molar-refractivity contribution in [3.05, 3.63) is 35.0 Å². The monoisotopic (exact) mass is 375 g/mol. The van der Waals surface area contributed by atoms with Crippen molar-refractivity contribution in [2.45, 2.75) is 12.6 Å². The number of nitrogens with zero attached hydrogens (tertiary/aromatic N) is 2. The van der Waals surface area contributed by atoms with Gasteiger partial charge in [0.2, 0.25) is 5.88 Å². The number of halogens is 3. The Kier molecular flexibility index (Phi) is 5.91. The molecule has 134 valence electrons. The Morgan fingerprint density at radius 3 is 2.68 bits per heavy atom. The molecule has 0 aliphatic carbocycles. The van der Waals surface area contributed by atoms with E-state index in [4.69, 9.17) is 0 Å². The van der Waals surface area contributed by atoms with E-state index in [1.165, 1.54) is 13.2 Å². The van der Waals surface area contributed by atoms with Crippen LogP contribution < -0.4 is 10.1 Å². The number of thiazole rings is 1. The van der Waals surface area contributed by atoms with Crippen molar-refractivity contribution in [1.29, 1.82) is 0 Å². The van der Waals surface area contributed by atoms with E-state index < -0.39 is 24.7 Å². The van der Waals surface area contributed by atoms with Crippen molar-refractivity contribution in [3.8, 4) is 5.88 Å². The highest BCUT2D eigenvalue weighted by Gasteiger charge is 2.28. The van der Waals surface area contributed by atoms with Crippen molar-refractivity contribution in [1.82, 2.24) is 9.97 Å². The molecule has 0 spiro atoms. The van der Waals surface area contributed by atoms with Crippen LogP contribution in [-0.2, 0) is 16.0 Å². The minimum absolute atomic E-state index is 0.0182. The zero-order chi connectivity index (χ0) is 18.4.